The number of halogens is 4. The van der Waals surface area contributed by atoms with E-state index in [4.69, 9.17) is 0 Å². The van der Waals surface area contributed by atoms with E-state index in [2.05, 4.69) is 25.2 Å². The van der Waals surface area contributed by atoms with Crippen molar-refractivity contribution in [1.29, 1.82) is 0 Å². The zero-order chi connectivity index (χ0) is 25.4. The van der Waals surface area contributed by atoms with E-state index in [1.807, 2.05) is 7.05 Å². The molecule has 0 unspecified atom stereocenters. The number of nitrogens with zero attached hydrogens (tertiary/aromatic N) is 4. The molecular weight excluding hydrogens is 478 g/mol. The number of nitrogens with one attached hydrogen (secondary N) is 1. The second-order valence-corrected chi connectivity index (χ2v) is 8.80. The number of hydrogen-bond acceptors (Lipinski definition) is 6. The molecule has 11 heteroatoms. The van der Waals surface area contributed by atoms with Crippen molar-refractivity contribution in [2.24, 2.45) is 0 Å². The number of aromatic hydroxyl groups is 1. The summed E-state index contributed by atoms with van der Waals surface area (Å²) >= 11 is 0. The molecule has 0 saturated carbocycles. The third-order valence-electron chi connectivity index (χ3n) is 6.15. The number of anilines is 1. The minimum atomic E-state index is -4.88. The Kier molecular flexibility index (Phi) is 6.17. The third-order valence-corrected chi connectivity index (χ3v) is 6.15. The average molecular weight is 501 g/mol. The zero-order valence-corrected chi connectivity index (χ0v) is 19.3. The van der Waals surface area contributed by atoms with Gasteiger partial charge in [0, 0.05) is 24.3 Å². The highest BCUT2D eigenvalue weighted by atomic mass is 19.4. The molecule has 1 atom stereocenters. The van der Waals surface area contributed by atoms with E-state index in [0.717, 1.165) is 32.0 Å². The van der Waals surface area contributed by atoms with Crippen LogP contribution in [0.15, 0.2) is 54.7 Å². The highest BCUT2D eigenvalue weighted by molar-refractivity contribution is 5.89. The van der Waals surface area contributed by atoms with Gasteiger partial charge in [-0.05, 0) is 74.0 Å². The van der Waals surface area contributed by atoms with Crippen molar-refractivity contribution in [2.45, 2.75) is 25.2 Å². The highest BCUT2D eigenvalue weighted by Gasteiger charge is 2.31. The highest BCUT2D eigenvalue weighted by Crippen LogP contribution is 2.38. The monoisotopic (exact) mass is 501 g/mol. The van der Waals surface area contributed by atoms with Crippen molar-refractivity contribution in [3.05, 3.63) is 60.5 Å². The van der Waals surface area contributed by atoms with E-state index in [1.165, 1.54) is 30.3 Å². The van der Waals surface area contributed by atoms with Crippen molar-refractivity contribution in [3.63, 3.8) is 0 Å². The predicted octanol–water partition coefficient (Wildman–Crippen LogP) is 5.31. The average Bonchev–Trinajstić information content (AvgIpc) is 3.21. The number of likely N-dealkylation sites (N-methyl/N-ethyl adjacent to an activating group) is 1. The van der Waals surface area contributed by atoms with E-state index in [-0.39, 0.29) is 23.0 Å². The summed E-state index contributed by atoms with van der Waals surface area (Å²) in [6.45, 7) is 1.81. The van der Waals surface area contributed by atoms with Gasteiger partial charge in [0.2, 0.25) is 5.95 Å². The molecule has 0 amide bonds. The maximum absolute atomic E-state index is 15.1. The number of hydrogen-bond donors (Lipinski definition) is 2. The first-order valence-corrected chi connectivity index (χ1v) is 11.4. The van der Waals surface area contributed by atoms with Gasteiger partial charge in [-0.2, -0.15) is 0 Å². The van der Waals surface area contributed by atoms with Crippen LogP contribution >= 0.6 is 0 Å². The van der Waals surface area contributed by atoms with E-state index >= 15 is 4.39 Å². The predicted molar refractivity (Wildman–Crippen MR) is 126 cm³/mol. The first-order chi connectivity index (χ1) is 17.2. The lowest BCUT2D eigenvalue weighted by molar-refractivity contribution is -0.274. The van der Waals surface area contributed by atoms with Crippen molar-refractivity contribution >= 4 is 11.5 Å². The van der Waals surface area contributed by atoms with Gasteiger partial charge in [0.25, 0.3) is 0 Å². The molecule has 188 valence electrons. The molecule has 1 aliphatic heterocycles. The minimum Gasteiger partial charge on any atom is -0.508 e. The third kappa shape index (κ3) is 4.92. The lowest BCUT2D eigenvalue weighted by Crippen LogP contribution is -2.40. The molecule has 5 rings (SSSR count). The van der Waals surface area contributed by atoms with Crippen LogP contribution in [0.25, 0.3) is 27.9 Å². The molecule has 1 aliphatic rings. The maximum Gasteiger partial charge on any atom is 0.573 e. The van der Waals surface area contributed by atoms with Gasteiger partial charge in [-0.1, -0.05) is 12.1 Å². The maximum atomic E-state index is 15.1. The SMILES string of the molecule is CN1CCC[C@@H](Nc2nnc(-c3ccc(OC(F)(F)F)cc3-c3ccc(O)cc3)c3c(F)ccn23)C1. The Balaban J connectivity index is 1.62. The number of aromatic nitrogens is 3. The number of fused-ring (bicyclic) bond motifs is 1. The van der Waals surface area contributed by atoms with Gasteiger partial charge in [0.15, 0.2) is 5.82 Å². The van der Waals surface area contributed by atoms with E-state index < -0.39 is 17.9 Å². The summed E-state index contributed by atoms with van der Waals surface area (Å²) < 4.78 is 59.4. The fraction of sp³-hybridized carbons (Fsp3) is 0.280. The van der Waals surface area contributed by atoms with Crippen LogP contribution in [0.4, 0.5) is 23.5 Å². The van der Waals surface area contributed by atoms with Crippen LogP contribution < -0.4 is 10.1 Å². The van der Waals surface area contributed by atoms with Crippen LogP contribution in [0, 0.1) is 5.82 Å². The number of benzene rings is 2. The van der Waals surface area contributed by atoms with Gasteiger partial charge < -0.3 is 20.1 Å². The number of phenolic OH excluding ortho intramolecular Hbond substituents is 1. The summed E-state index contributed by atoms with van der Waals surface area (Å²) in [5.74, 6) is -0.613. The van der Waals surface area contributed by atoms with Crippen LogP contribution in [0.5, 0.6) is 11.5 Å². The van der Waals surface area contributed by atoms with E-state index in [1.54, 1.807) is 22.7 Å². The Morgan fingerprint density at radius 3 is 2.56 bits per heavy atom. The van der Waals surface area contributed by atoms with Crippen LogP contribution in [0.3, 0.4) is 0 Å². The summed E-state index contributed by atoms with van der Waals surface area (Å²) in [6.07, 6.45) is -1.38. The smallest absolute Gasteiger partial charge is 0.508 e. The van der Waals surface area contributed by atoms with Gasteiger partial charge in [0.1, 0.15) is 22.7 Å². The topological polar surface area (TPSA) is 74.9 Å². The lowest BCUT2D eigenvalue weighted by atomic mass is 9.96. The van der Waals surface area contributed by atoms with Crippen molar-refractivity contribution < 1.29 is 27.4 Å². The Labute approximate surface area is 203 Å². The number of piperidine rings is 1. The quantitative estimate of drug-likeness (QED) is 0.361. The minimum absolute atomic E-state index is 0.00778. The van der Waals surface area contributed by atoms with Gasteiger partial charge in [0.05, 0.1) is 0 Å². The Bertz CT molecular complexity index is 1390. The summed E-state index contributed by atoms with van der Waals surface area (Å²) in [7, 11) is 2.03. The summed E-state index contributed by atoms with van der Waals surface area (Å²) in [5, 5.41) is 21.6. The molecule has 7 nitrogen and oxygen atoms in total. The van der Waals surface area contributed by atoms with Crippen molar-refractivity contribution in [2.75, 3.05) is 25.5 Å². The zero-order valence-electron chi connectivity index (χ0n) is 19.3. The molecule has 2 aromatic carbocycles. The van der Waals surface area contributed by atoms with Crippen molar-refractivity contribution in [3.8, 4) is 33.9 Å². The molecule has 1 saturated heterocycles. The number of alkyl halides is 3. The normalized spacial score (nSPS) is 16.9. The molecule has 4 aromatic rings. The second kappa shape index (κ2) is 9.30. The van der Waals surface area contributed by atoms with Gasteiger partial charge in [-0.15, -0.1) is 23.4 Å². The largest absolute Gasteiger partial charge is 0.573 e. The molecule has 0 spiro atoms. The lowest BCUT2D eigenvalue weighted by Gasteiger charge is -2.30. The molecule has 2 N–H and O–H groups in total. The van der Waals surface area contributed by atoms with Crippen molar-refractivity contribution in [1.82, 2.24) is 19.5 Å². The van der Waals surface area contributed by atoms with Gasteiger partial charge in [-0.25, -0.2) is 4.39 Å². The molecule has 36 heavy (non-hydrogen) atoms. The first kappa shape index (κ1) is 23.9. The molecule has 3 heterocycles. The summed E-state index contributed by atoms with van der Waals surface area (Å²) in [6, 6.07) is 11.1. The molecular formula is C25H23F4N5O2. The van der Waals surface area contributed by atoms with Crippen LogP contribution in [-0.4, -0.2) is 57.1 Å². The number of rotatable bonds is 5. The molecule has 0 aliphatic carbocycles. The standard InChI is InChI=1S/C25H23F4N5O2/c1-33-11-2-3-16(14-33)30-24-32-31-22(23-21(26)10-12-34(23)24)19-9-8-18(36-25(27,28)29)13-20(19)15-4-6-17(35)7-5-15/h4-10,12-13,16,35H,2-3,11,14H2,1H3,(H,30,32)/t16-/m1/s1. The van der Waals surface area contributed by atoms with Gasteiger partial charge >= 0.3 is 6.36 Å². The number of ether oxygens (including phenoxy) is 1. The second-order valence-electron chi connectivity index (χ2n) is 8.80. The van der Waals surface area contributed by atoms with Gasteiger partial charge in [-0.3, -0.25) is 4.40 Å². The van der Waals surface area contributed by atoms with Crippen LogP contribution in [0.1, 0.15) is 12.8 Å². The van der Waals surface area contributed by atoms with E-state index in [0.29, 0.717) is 22.6 Å². The summed E-state index contributed by atoms with van der Waals surface area (Å²) in [4.78, 5) is 2.20. The Morgan fingerprint density at radius 1 is 1.06 bits per heavy atom. The van der Waals surface area contributed by atoms with Crippen LogP contribution in [0.2, 0.25) is 0 Å². The molecule has 0 bridgehead atoms. The van der Waals surface area contributed by atoms with Crippen LogP contribution in [-0.2, 0) is 0 Å². The Morgan fingerprint density at radius 2 is 1.83 bits per heavy atom. The first-order valence-electron chi connectivity index (χ1n) is 11.4. The number of likely N-dealkylation sites (tertiary alicyclic amines) is 1. The molecule has 2 aromatic heterocycles. The van der Waals surface area contributed by atoms with E-state index in [9.17, 15) is 18.3 Å². The number of phenols is 1. The molecule has 0 radical (unpaired) electrons. The Hall–Kier alpha value is -3.86. The summed E-state index contributed by atoms with van der Waals surface area (Å²) in [5.41, 5.74) is 1.44. The molecule has 1 fully saturated rings. The fourth-order valence-corrected chi connectivity index (χ4v) is 4.56. The fourth-order valence-electron chi connectivity index (χ4n) is 4.56.